The summed E-state index contributed by atoms with van der Waals surface area (Å²) in [6, 6.07) is 8.07. The van der Waals surface area contributed by atoms with E-state index in [1.165, 1.54) is 0 Å². The van der Waals surface area contributed by atoms with E-state index < -0.39 is 0 Å². The van der Waals surface area contributed by atoms with Gasteiger partial charge in [0.05, 0.1) is 29.7 Å². The Morgan fingerprint density at radius 3 is 2.71 bits per heavy atom. The molecule has 0 bridgehead atoms. The first kappa shape index (κ1) is 18.8. The number of ether oxygens (including phenoxy) is 2. The molecule has 3 aromatic heterocycles. The molecule has 8 heteroatoms. The minimum absolute atomic E-state index is 0.379. The predicted molar refractivity (Wildman–Crippen MR) is 117 cm³/mol. The second-order valence-corrected chi connectivity index (χ2v) is 8.63. The highest BCUT2D eigenvalue weighted by Gasteiger charge is 2.29. The lowest BCUT2D eigenvalue weighted by atomic mass is 10.1. The molecule has 0 N–H and O–H groups in total. The molecule has 0 saturated carbocycles. The van der Waals surface area contributed by atoms with Crippen LogP contribution in [0.15, 0.2) is 42.9 Å². The Kier molecular flexibility index (Phi) is 4.61. The van der Waals surface area contributed by atoms with Crippen LogP contribution in [0, 0.1) is 0 Å². The Morgan fingerprint density at radius 2 is 1.94 bits per heavy atom. The molecular weight excluding hydrogens is 392 g/mol. The molecule has 3 aliphatic rings. The molecule has 0 aliphatic carbocycles. The zero-order valence-electron chi connectivity index (χ0n) is 17.6. The molecule has 31 heavy (non-hydrogen) atoms. The molecule has 6 rings (SSSR count). The van der Waals surface area contributed by atoms with Gasteiger partial charge in [-0.3, -0.25) is 0 Å². The third kappa shape index (κ3) is 3.55. The average molecular weight is 419 g/mol. The largest absolute Gasteiger partial charge is 0.472 e. The molecule has 8 nitrogen and oxygen atoms in total. The van der Waals surface area contributed by atoms with Gasteiger partial charge in [0.15, 0.2) is 0 Å². The van der Waals surface area contributed by atoms with Gasteiger partial charge in [0.1, 0.15) is 18.1 Å². The van der Waals surface area contributed by atoms with Crippen LogP contribution in [-0.2, 0) is 11.3 Å². The Labute approximate surface area is 181 Å². The summed E-state index contributed by atoms with van der Waals surface area (Å²) in [7, 11) is 2.14. The fourth-order valence-electron chi connectivity index (χ4n) is 4.63. The van der Waals surface area contributed by atoms with Crippen LogP contribution < -0.4 is 9.64 Å². The summed E-state index contributed by atoms with van der Waals surface area (Å²) in [5, 5.41) is 4.78. The van der Waals surface area contributed by atoms with E-state index in [2.05, 4.69) is 34.0 Å². The predicted octanol–water partition coefficient (Wildman–Crippen LogP) is 2.52. The highest BCUT2D eigenvalue weighted by atomic mass is 16.5. The van der Waals surface area contributed by atoms with E-state index in [9.17, 15) is 0 Å². The Bertz CT molecular complexity index is 1070. The van der Waals surface area contributed by atoms with Gasteiger partial charge in [-0.1, -0.05) is 0 Å². The van der Waals surface area contributed by atoms with E-state index in [1.807, 2.05) is 29.2 Å². The highest BCUT2D eigenvalue weighted by molar-refractivity contribution is 5.69. The fraction of sp³-hybridized carbons (Fsp3) is 0.435. The summed E-state index contributed by atoms with van der Waals surface area (Å²) < 4.78 is 13.8. The number of likely N-dealkylation sites (tertiary alicyclic amines) is 1. The van der Waals surface area contributed by atoms with E-state index >= 15 is 0 Å². The first-order valence-corrected chi connectivity index (χ1v) is 10.9. The van der Waals surface area contributed by atoms with Crippen molar-refractivity contribution in [3.8, 4) is 22.8 Å². The molecule has 0 amide bonds. The molecule has 0 radical (unpaired) electrons. The minimum Gasteiger partial charge on any atom is -0.472 e. The summed E-state index contributed by atoms with van der Waals surface area (Å²) in [6.45, 7) is 4.58. The Balaban J connectivity index is 1.13. The van der Waals surface area contributed by atoms with Gasteiger partial charge in [0.25, 0.3) is 0 Å². The molecule has 0 atom stereocenters. The maximum atomic E-state index is 6.21. The van der Waals surface area contributed by atoms with Gasteiger partial charge in [-0.15, -0.1) is 0 Å². The lowest BCUT2D eigenvalue weighted by molar-refractivity contribution is -0.0900. The number of piperidine rings is 1. The lowest BCUT2D eigenvalue weighted by Gasteiger charge is -2.40. The number of nitrogens with zero attached hydrogens (tertiary/aromatic N) is 6. The molecule has 0 spiro atoms. The summed E-state index contributed by atoms with van der Waals surface area (Å²) in [4.78, 5) is 13.7. The summed E-state index contributed by atoms with van der Waals surface area (Å²) in [5.41, 5.74) is 3.86. The van der Waals surface area contributed by atoms with Gasteiger partial charge < -0.3 is 19.3 Å². The van der Waals surface area contributed by atoms with Crippen molar-refractivity contribution in [1.82, 2.24) is 24.6 Å². The van der Waals surface area contributed by atoms with E-state index in [1.54, 1.807) is 6.20 Å². The zero-order chi connectivity index (χ0) is 20.8. The molecule has 160 valence electrons. The van der Waals surface area contributed by atoms with E-state index in [4.69, 9.17) is 19.6 Å². The number of anilines is 1. The number of hydrogen-bond donors (Lipinski definition) is 0. The number of likely N-dealkylation sites (N-methyl/N-ethyl adjacent to an activating group) is 1. The van der Waals surface area contributed by atoms with Gasteiger partial charge in [0.2, 0.25) is 5.88 Å². The molecular formula is C23H26N6O2. The molecule has 0 aromatic carbocycles. The molecule has 6 heterocycles. The van der Waals surface area contributed by atoms with Crippen molar-refractivity contribution < 1.29 is 9.47 Å². The average Bonchev–Trinajstić information content (AvgIpc) is 3.24. The maximum Gasteiger partial charge on any atom is 0.223 e. The van der Waals surface area contributed by atoms with Gasteiger partial charge in [0, 0.05) is 44.1 Å². The number of pyridine rings is 2. The summed E-state index contributed by atoms with van der Waals surface area (Å²) in [5.74, 6) is 1.66. The number of aromatic nitrogens is 4. The quantitative estimate of drug-likeness (QED) is 0.645. The smallest absolute Gasteiger partial charge is 0.223 e. The first-order chi connectivity index (χ1) is 15.2. The third-order valence-corrected chi connectivity index (χ3v) is 6.36. The van der Waals surface area contributed by atoms with Crippen molar-refractivity contribution in [3.63, 3.8) is 0 Å². The van der Waals surface area contributed by atoms with Crippen molar-refractivity contribution in [2.45, 2.75) is 31.7 Å². The van der Waals surface area contributed by atoms with Crippen LogP contribution in [0.1, 0.15) is 18.4 Å². The first-order valence-electron chi connectivity index (χ1n) is 10.9. The van der Waals surface area contributed by atoms with Gasteiger partial charge >= 0.3 is 0 Å². The Hall–Kier alpha value is -2.97. The highest BCUT2D eigenvalue weighted by Crippen LogP contribution is 2.35. The van der Waals surface area contributed by atoms with Crippen LogP contribution in [0.3, 0.4) is 0 Å². The summed E-state index contributed by atoms with van der Waals surface area (Å²) in [6.07, 6.45) is 8.57. The van der Waals surface area contributed by atoms with Crippen molar-refractivity contribution in [2.75, 3.05) is 38.1 Å². The molecule has 2 saturated heterocycles. The normalized spacial score (nSPS) is 19.5. The molecule has 2 fully saturated rings. The van der Waals surface area contributed by atoms with Crippen molar-refractivity contribution in [3.05, 3.63) is 48.4 Å². The van der Waals surface area contributed by atoms with Gasteiger partial charge in [-0.25, -0.2) is 14.6 Å². The van der Waals surface area contributed by atoms with Crippen molar-refractivity contribution in [2.24, 2.45) is 0 Å². The van der Waals surface area contributed by atoms with Crippen LogP contribution in [0.25, 0.3) is 16.9 Å². The molecule has 3 aromatic rings. The fourth-order valence-corrected chi connectivity index (χ4v) is 4.63. The monoisotopic (exact) mass is 418 g/mol. The standard InChI is InChI=1S/C23H26N6O2/c1-27-13-19(14-27)31-18-6-9-28(10-7-18)21-5-4-17(11-25-21)29-12-16-15-30-23-20(22(16)26-29)3-2-8-24-23/h2-5,8,11-12,18-19H,6-7,9-10,13-15H2,1H3. The second-order valence-electron chi connectivity index (χ2n) is 8.63. The van der Waals surface area contributed by atoms with Crippen molar-refractivity contribution in [1.29, 1.82) is 0 Å². The topological polar surface area (TPSA) is 68.5 Å². The van der Waals surface area contributed by atoms with Crippen LogP contribution in [0.5, 0.6) is 5.88 Å². The second kappa shape index (κ2) is 7.62. The SMILES string of the molecule is CN1CC(OC2CCN(c3ccc(-n4cc5c(n4)-c4cccnc4OC5)cn3)CC2)C1. The van der Waals surface area contributed by atoms with Crippen LogP contribution in [0.2, 0.25) is 0 Å². The number of hydrogen-bond acceptors (Lipinski definition) is 7. The molecule has 0 unspecified atom stereocenters. The zero-order valence-corrected chi connectivity index (χ0v) is 17.6. The van der Waals surface area contributed by atoms with Crippen LogP contribution >= 0.6 is 0 Å². The number of rotatable bonds is 4. The van der Waals surface area contributed by atoms with Gasteiger partial charge in [-0.05, 0) is 44.2 Å². The van der Waals surface area contributed by atoms with Crippen molar-refractivity contribution >= 4 is 5.82 Å². The third-order valence-electron chi connectivity index (χ3n) is 6.36. The Morgan fingerprint density at radius 1 is 1.06 bits per heavy atom. The minimum atomic E-state index is 0.379. The van der Waals surface area contributed by atoms with E-state index in [0.717, 1.165) is 67.3 Å². The van der Waals surface area contributed by atoms with Crippen LogP contribution in [-0.4, -0.2) is 70.1 Å². The molecule has 3 aliphatic heterocycles. The van der Waals surface area contributed by atoms with E-state index in [0.29, 0.717) is 24.7 Å². The lowest BCUT2D eigenvalue weighted by Crippen LogP contribution is -2.52. The maximum absolute atomic E-state index is 6.21. The number of fused-ring (bicyclic) bond motifs is 3. The summed E-state index contributed by atoms with van der Waals surface area (Å²) >= 11 is 0. The van der Waals surface area contributed by atoms with Crippen LogP contribution in [0.4, 0.5) is 5.82 Å². The van der Waals surface area contributed by atoms with E-state index in [-0.39, 0.29) is 0 Å². The van der Waals surface area contributed by atoms with Gasteiger partial charge in [-0.2, -0.15) is 5.10 Å².